The Morgan fingerprint density at radius 3 is 2.48 bits per heavy atom. The van der Waals surface area contributed by atoms with Gasteiger partial charge in [0.15, 0.2) is 0 Å². The van der Waals surface area contributed by atoms with E-state index in [4.69, 9.17) is 0 Å². The smallest absolute Gasteiger partial charge is 0.259 e. The van der Waals surface area contributed by atoms with Crippen molar-refractivity contribution in [1.82, 2.24) is 5.43 Å². The molecular weight excluding hydrogens is 286 g/mol. The van der Waals surface area contributed by atoms with Crippen LogP contribution >= 0.6 is 0 Å². The number of hydrogen-bond donors (Lipinski definition) is 2. The Morgan fingerprint density at radius 2 is 1.78 bits per heavy atom. The summed E-state index contributed by atoms with van der Waals surface area (Å²) in [5.41, 5.74) is 6.46. The first-order valence-electron chi connectivity index (χ1n) is 7.50. The predicted octanol–water partition coefficient (Wildman–Crippen LogP) is 3.61. The zero-order chi connectivity index (χ0) is 16.5. The Balaban J connectivity index is 1.78. The molecule has 4 nitrogen and oxygen atoms in total. The van der Waals surface area contributed by atoms with Crippen LogP contribution in [0.3, 0.4) is 0 Å². The second-order valence-corrected chi connectivity index (χ2v) is 5.25. The lowest BCUT2D eigenvalue weighted by Crippen LogP contribution is -2.26. The molecular formula is C19H21N3O. The highest BCUT2D eigenvalue weighted by atomic mass is 16.2. The molecule has 2 N–H and O–H groups in total. The number of nitrogens with one attached hydrogen (secondary N) is 2. The molecule has 4 heteroatoms. The van der Waals surface area contributed by atoms with Crippen molar-refractivity contribution in [1.29, 1.82) is 0 Å². The van der Waals surface area contributed by atoms with E-state index in [-0.39, 0.29) is 12.5 Å². The summed E-state index contributed by atoms with van der Waals surface area (Å²) in [5, 5.41) is 7.11. The van der Waals surface area contributed by atoms with Gasteiger partial charge in [0.25, 0.3) is 5.91 Å². The van der Waals surface area contributed by atoms with Gasteiger partial charge >= 0.3 is 0 Å². The molecule has 0 saturated carbocycles. The molecule has 2 aromatic rings. The van der Waals surface area contributed by atoms with Gasteiger partial charge in [0.2, 0.25) is 0 Å². The summed E-state index contributed by atoms with van der Waals surface area (Å²) in [6.45, 7) is 4.05. The molecule has 118 valence electrons. The molecule has 0 bridgehead atoms. The van der Waals surface area contributed by atoms with E-state index in [0.717, 1.165) is 17.0 Å². The third-order valence-corrected chi connectivity index (χ3v) is 3.18. The van der Waals surface area contributed by atoms with Gasteiger partial charge in [0, 0.05) is 5.69 Å². The highest BCUT2D eigenvalue weighted by molar-refractivity contribution is 5.97. The lowest BCUT2D eigenvalue weighted by atomic mass is 10.2. The highest BCUT2D eigenvalue weighted by Crippen LogP contribution is 2.07. The van der Waals surface area contributed by atoms with Crippen LogP contribution in [-0.4, -0.2) is 18.2 Å². The molecule has 23 heavy (non-hydrogen) atoms. The number of anilines is 1. The van der Waals surface area contributed by atoms with Gasteiger partial charge in [-0.25, -0.2) is 5.43 Å². The zero-order valence-electron chi connectivity index (χ0n) is 13.4. The van der Waals surface area contributed by atoms with Crippen molar-refractivity contribution in [2.75, 3.05) is 11.9 Å². The molecule has 2 rings (SSSR count). The summed E-state index contributed by atoms with van der Waals surface area (Å²) in [6.07, 6.45) is 3.82. The van der Waals surface area contributed by atoms with Crippen molar-refractivity contribution in [3.63, 3.8) is 0 Å². The van der Waals surface area contributed by atoms with Crippen LogP contribution in [0.2, 0.25) is 0 Å². The first-order chi connectivity index (χ1) is 11.1. The number of nitrogens with zero attached hydrogens (tertiary/aromatic N) is 1. The molecule has 0 spiro atoms. The highest BCUT2D eigenvalue weighted by Gasteiger charge is 1.99. The van der Waals surface area contributed by atoms with E-state index in [1.54, 1.807) is 0 Å². The van der Waals surface area contributed by atoms with Crippen LogP contribution in [0.25, 0.3) is 6.08 Å². The Hall–Kier alpha value is -2.88. The summed E-state index contributed by atoms with van der Waals surface area (Å²) in [6, 6.07) is 17.8. The van der Waals surface area contributed by atoms with Crippen LogP contribution in [0.5, 0.6) is 0 Å². The Morgan fingerprint density at radius 1 is 1.09 bits per heavy atom. The van der Waals surface area contributed by atoms with Gasteiger partial charge in [-0.05, 0) is 37.6 Å². The number of carbonyl (C=O) groups excluding carboxylic acids is 1. The molecule has 0 atom stereocenters. The summed E-state index contributed by atoms with van der Waals surface area (Å²) in [4.78, 5) is 11.8. The van der Waals surface area contributed by atoms with Gasteiger partial charge < -0.3 is 5.32 Å². The second kappa shape index (κ2) is 8.54. The quantitative estimate of drug-likeness (QED) is 0.632. The fourth-order valence-corrected chi connectivity index (χ4v) is 1.86. The molecule has 0 heterocycles. The van der Waals surface area contributed by atoms with Gasteiger partial charge in [0.05, 0.1) is 12.3 Å². The molecule has 0 aliphatic heterocycles. The second-order valence-electron chi connectivity index (χ2n) is 5.25. The number of carbonyl (C=O) groups is 1. The SMILES string of the molecule is CC(C=Cc1ccccc1)=NNC(=O)CNc1ccc(C)cc1. The van der Waals surface area contributed by atoms with Crippen molar-refractivity contribution in [2.24, 2.45) is 5.10 Å². The maximum atomic E-state index is 11.8. The minimum absolute atomic E-state index is 0.182. The Labute approximate surface area is 136 Å². The van der Waals surface area contributed by atoms with Gasteiger partial charge in [-0.1, -0.05) is 54.1 Å². The Kier molecular flexibility index (Phi) is 6.12. The lowest BCUT2D eigenvalue weighted by Gasteiger charge is -2.05. The van der Waals surface area contributed by atoms with Crippen molar-refractivity contribution >= 4 is 23.4 Å². The third kappa shape index (κ3) is 6.18. The Bertz CT molecular complexity index is 688. The number of hydrogen-bond acceptors (Lipinski definition) is 3. The normalized spacial score (nSPS) is 11.5. The van der Waals surface area contributed by atoms with E-state index in [0.29, 0.717) is 0 Å². The van der Waals surface area contributed by atoms with E-state index >= 15 is 0 Å². The van der Waals surface area contributed by atoms with Crippen LogP contribution in [-0.2, 0) is 4.79 Å². The number of amides is 1. The topological polar surface area (TPSA) is 53.5 Å². The van der Waals surface area contributed by atoms with Gasteiger partial charge in [0.1, 0.15) is 0 Å². The number of rotatable bonds is 6. The first-order valence-corrected chi connectivity index (χ1v) is 7.50. The van der Waals surface area contributed by atoms with Crippen LogP contribution in [0.15, 0.2) is 65.8 Å². The summed E-state index contributed by atoms with van der Waals surface area (Å²) < 4.78 is 0. The summed E-state index contributed by atoms with van der Waals surface area (Å²) >= 11 is 0. The lowest BCUT2D eigenvalue weighted by molar-refractivity contribution is -0.119. The first kappa shape index (κ1) is 16.5. The number of hydrazone groups is 1. The molecule has 0 aromatic heterocycles. The standard InChI is InChI=1S/C19H21N3O/c1-15-8-12-18(13-9-15)20-14-19(23)22-21-16(2)10-11-17-6-4-3-5-7-17/h3-13,20H,14H2,1-2H3,(H,22,23). The van der Waals surface area contributed by atoms with Gasteiger partial charge in [-0.15, -0.1) is 0 Å². The van der Waals surface area contributed by atoms with Crippen molar-refractivity contribution in [2.45, 2.75) is 13.8 Å². The van der Waals surface area contributed by atoms with E-state index in [1.807, 2.05) is 80.6 Å². The molecule has 0 unspecified atom stereocenters. The maximum Gasteiger partial charge on any atom is 0.259 e. The minimum atomic E-state index is -0.182. The molecule has 2 aromatic carbocycles. The van der Waals surface area contributed by atoms with Crippen molar-refractivity contribution in [3.8, 4) is 0 Å². The number of benzene rings is 2. The molecule has 1 amide bonds. The van der Waals surface area contributed by atoms with Gasteiger partial charge in [-0.3, -0.25) is 4.79 Å². The number of aryl methyl sites for hydroxylation is 1. The van der Waals surface area contributed by atoms with Crippen LogP contribution in [0, 0.1) is 6.92 Å². The van der Waals surface area contributed by atoms with Crippen molar-refractivity contribution < 1.29 is 4.79 Å². The molecule has 0 fully saturated rings. The molecule has 0 radical (unpaired) electrons. The monoisotopic (exact) mass is 307 g/mol. The summed E-state index contributed by atoms with van der Waals surface area (Å²) in [7, 11) is 0. The van der Waals surface area contributed by atoms with E-state index in [1.165, 1.54) is 5.56 Å². The van der Waals surface area contributed by atoms with E-state index in [2.05, 4.69) is 15.8 Å². The van der Waals surface area contributed by atoms with Crippen LogP contribution < -0.4 is 10.7 Å². The van der Waals surface area contributed by atoms with Crippen LogP contribution in [0.4, 0.5) is 5.69 Å². The average molecular weight is 307 g/mol. The fourth-order valence-electron chi connectivity index (χ4n) is 1.86. The van der Waals surface area contributed by atoms with Gasteiger partial charge in [-0.2, -0.15) is 5.10 Å². The zero-order valence-corrected chi connectivity index (χ0v) is 13.4. The maximum absolute atomic E-state index is 11.8. The van der Waals surface area contributed by atoms with E-state index < -0.39 is 0 Å². The minimum Gasteiger partial charge on any atom is -0.376 e. The van der Waals surface area contributed by atoms with Crippen molar-refractivity contribution in [3.05, 3.63) is 71.8 Å². The van der Waals surface area contributed by atoms with E-state index in [9.17, 15) is 4.79 Å². The summed E-state index contributed by atoms with van der Waals surface area (Å²) in [5.74, 6) is -0.182. The van der Waals surface area contributed by atoms with Crippen LogP contribution in [0.1, 0.15) is 18.1 Å². The molecule has 0 aliphatic carbocycles. The largest absolute Gasteiger partial charge is 0.376 e. The number of allylic oxidation sites excluding steroid dienone is 1. The fraction of sp³-hybridized carbons (Fsp3) is 0.158. The molecule has 0 aliphatic rings. The molecule has 0 saturated heterocycles. The predicted molar refractivity (Wildman–Crippen MR) is 96.4 cm³/mol. The third-order valence-electron chi connectivity index (χ3n) is 3.18. The average Bonchev–Trinajstić information content (AvgIpc) is 2.58.